The molecule has 12 heavy (non-hydrogen) atoms. The van der Waals surface area contributed by atoms with Gasteiger partial charge in [0.15, 0.2) is 0 Å². The number of ether oxygens (including phenoxy) is 1. The van der Waals surface area contributed by atoms with Gasteiger partial charge in [-0.15, -0.1) is 10.2 Å². The quantitative estimate of drug-likeness (QED) is 0.621. The first-order valence-corrected chi connectivity index (χ1v) is 3.92. The summed E-state index contributed by atoms with van der Waals surface area (Å²) in [5, 5.41) is 11.6. The second-order valence-corrected chi connectivity index (χ2v) is 2.09. The van der Waals surface area contributed by atoms with Crippen LogP contribution in [0.3, 0.4) is 0 Å². The van der Waals surface area contributed by atoms with Crippen LogP contribution in [0, 0.1) is 0 Å². The van der Waals surface area contributed by atoms with E-state index in [1.807, 2.05) is 13.8 Å². The Kier molecular flexibility index (Phi) is 3.25. The van der Waals surface area contributed by atoms with Crippen molar-refractivity contribution < 1.29 is 4.74 Å². The fraction of sp³-hybridized carbons (Fsp3) is 0.571. The van der Waals surface area contributed by atoms with Crippen LogP contribution in [-0.4, -0.2) is 26.8 Å². The summed E-state index contributed by atoms with van der Waals surface area (Å²) >= 11 is 0. The predicted octanol–water partition coefficient (Wildman–Crippen LogP) is 0.700. The summed E-state index contributed by atoms with van der Waals surface area (Å²) < 4.78 is 4.98. The van der Waals surface area contributed by atoms with E-state index in [1.54, 1.807) is 12.3 Å². The summed E-state index contributed by atoms with van der Waals surface area (Å²) in [5.41, 5.74) is 0. The molecule has 0 aliphatic rings. The second-order valence-electron chi connectivity index (χ2n) is 2.09. The third-order valence-corrected chi connectivity index (χ3v) is 1.23. The number of nitrogens with zero attached hydrogens (tertiary/aromatic N) is 4. The van der Waals surface area contributed by atoms with E-state index >= 15 is 0 Å². The van der Waals surface area contributed by atoms with Crippen molar-refractivity contribution in [3.05, 3.63) is 12.1 Å². The summed E-state index contributed by atoms with van der Waals surface area (Å²) in [6, 6.07) is 0. The molecule has 1 aromatic rings. The van der Waals surface area contributed by atoms with Gasteiger partial charge < -0.3 is 4.74 Å². The Balaban J connectivity index is 2.51. The maximum atomic E-state index is 4.98. The van der Waals surface area contributed by atoms with E-state index < -0.39 is 0 Å². The molecule has 0 unspecified atom stereocenters. The van der Waals surface area contributed by atoms with Crippen LogP contribution in [0.5, 0.6) is 0 Å². The number of hydrogen-bond acceptors (Lipinski definition) is 4. The zero-order valence-corrected chi connectivity index (χ0v) is 7.27. The lowest BCUT2D eigenvalue weighted by molar-refractivity contribution is 0.272. The SMILES string of the molecule is CCOC=Cc1nnn(CC)n1. The van der Waals surface area contributed by atoms with Gasteiger partial charge in [0.2, 0.25) is 5.82 Å². The Bertz CT molecular complexity index is 256. The zero-order valence-electron chi connectivity index (χ0n) is 7.27. The molecular formula is C7H12N4O. The van der Waals surface area contributed by atoms with Gasteiger partial charge in [-0.1, -0.05) is 0 Å². The van der Waals surface area contributed by atoms with Gasteiger partial charge in [0.1, 0.15) is 0 Å². The highest BCUT2D eigenvalue weighted by atomic mass is 16.5. The molecule has 0 aromatic carbocycles. The van der Waals surface area contributed by atoms with E-state index in [4.69, 9.17) is 4.74 Å². The molecule has 66 valence electrons. The van der Waals surface area contributed by atoms with Crippen molar-refractivity contribution in [2.75, 3.05) is 6.61 Å². The standard InChI is InChI=1S/C7H12N4O/c1-3-11-9-7(8-10-11)5-6-12-4-2/h5-6H,3-4H2,1-2H3. The molecule has 0 atom stereocenters. The van der Waals surface area contributed by atoms with Crippen LogP contribution < -0.4 is 0 Å². The van der Waals surface area contributed by atoms with Crippen molar-refractivity contribution >= 4 is 6.08 Å². The maximum absolute atomic E-state index is 4.98. The molecule has 0 aliphatic heterocycles. The highest BCUT2D eigenvalue weighted by Crippen LogP contribution is 1.90. The molecule has 0 spiro atoms. The largest absolute Gasteiger partial charge is 0.501 e. The van der Waals surface area contributed by atoms with Crippen molar-refractivity contribution in [2.24, 2.45) is 0 Å². The van der Waals surface area contributed by atoms with Crippen LogP contribution in [0.2, 0.25) is 0 Å². The summed E-state index contributed by atoms with van der Waals surface area (Å²) in [4.78, 5) is 1.52. The van der Waals surface area contributed by atoms with Gasteiger partial charge in [0.05, 0.1) is 19.4 Å². The number of aryl methyl sites for hydroxylation is 1. The maximum Gasteiger partial charge on any atom is 0.200 e. The average Bonchev–Trinajstić information content (AvgIpc) is 2.53. The molecule has 0 radical (unpaired) electrons. The molecular weight excluding hydrogens is 156 g/mol. The lowest BCUT2D eigenvalue weighted by Gasteiger charge is -1.89. The van der Waals surface area contributed by atoms with Gasteiger partial charge >= 0.3 is 0 Å². The number of tetrazole rings is 1. The first-order chi connectivity index (χ1) is 5.86. The lowest BCUT2D eigenvalue weighted by atomic mass is 10.6. The molecule has 5 heteroatoms. The monoisotopic (exact) mass is 168 g/mol. The van der Waals surface area contributed by atoms with E-state index in [-0.39, 0.29) is 0 Å². The summed E-state index contributed by atoms with van der Waals surface area (Å²) in [6.07, 6.45) is 3.25. The van der Waals surface area contributed by atoms with E-state index in [2.05, 4.69) is 15.4 Å². The lowest BCUT2D eigenvalue weighted by Crippen LogP contribution is -1.98. The van der Waals surface area contributed by atoms with E-state index in [9.17, 15) is 0 Å². The van der Waals surface area contributed by atoms with Gasteiger partial charge in [-0.25, -0.2) is 0 Å². The number of aromatic nitrogens is 4. The van der Waals surface area contributed by atoms with Crippen molar-refractivity contribution in [3.63, 3.8) is 0 Å². The van der Waals surface area contributed by atoms with Crippen molar-refractivity contribution in [3.8, 4) is 0 Å². The van der Waals surface area contributed by atoms with Crippen molar-refractivity contribution in [1.29, 1.82) is 0 Å². The molecule has 0 N–H and O–H groups in total. The average molecular weight is 168 g/mol. The Labute approximate surface area is 71.0 Å². The Morgan fingerprint density at radius 1 is 1.50 bits per heavy atom. The zero-order chi connectivity index (χ0) is 8.81. The van der Waals surface area contributed by atoms with Crippen LogP contribution in [0.1, 0.15) is 19.7 Å². The molecule has 1 rings (SSSR count). The van der Waals surface area contributed by atoms with Gasteiger partial charge in [0.25, 0.3) is 0 Å². The van der Waals surface area contributed by atoms with Crippen molar-refractivity contribution in [2.45, 2.75) is 20.4 Å². The summed E-state index contributed by atoms with van der Waals surface area (Å²) in [6.45, 7) is 5.26. The van der Waals surface area contributed by atoms with Crippen LogP contribution in [0.15, 0.2) is 6.26 Å². The molecule has 0 amide bonds. The molecule has 0 aliphatic carbocycles. The summed E-state index contributed by atoms with van der Waals surface area (Å²) in [5.74, 6) is 0.574. The molecule has 1 aromatic heterocycles. The minimum atomic E-state index is 0.574. The highest BCUT2D eigenvalue weighted by Gasteiger charge is 1.94. The number of rotatable bonds is 4. The van der Waals surface area contributed by atoms with E-state index in [0.29, 0.717) is 12.4 Å². The Morgan fingerprint density at radius 2 is 2.33 bits per heavy atom. The minimum absolute atomic E-state index is 0.574. The van der Waals surface area contributed by atoms with Crippen molar-refractivity contribution in [1.82, 2.24) is 20.2 Å². The van der Waals surface area contributed by atoms with Gasteiger partial charge in [-0.3, -0.25) is 0 Å². The Hall–Kier alpha value is -1.39. The van der Waals surface area contributed by atoms with E-state index in [1.165, 1.54) is 4.80 Å². The van der Waals surface area contributed by atoms with Crippen LogP contribution in [0.4, 0.5) is 0 Å². The first kappa shape index (κ1) is 8.70. The van der Waals surface area contributed by atoms with E-state index in [0.717, 1.165) is 6.54 Å². The smallest absolute Gasteiger partial charge is 0.200 e. The molecule has 0 fully saturated rings. The fourth-order valence-corrected chi connectivity index (χ4v) is 0.662. The molecule has 0 saturated heterocycles. The third-order valence-electron chi connectivity index (χ3n) is 1.23. The van der Waals surface area contributed by atoms with Crippen LogP contribution in [0.25, 0.3) is 6.08 Å². The topological polar surface area (TPSA) is 52.8 Å². The predicted molar refractivity (Wildman–Crippen MR) is 44.2 cm³/mol. The third kappa shape index (κ3) is 2.34. The minimum Gasteiger partial charge on any atom is -0.501 e. The first-order valence-electron chi connectivity index (χ1n) is 3.92. The number of hydrogen-bond donors (Lipinski definition) is 0. The van der Waals surface area contributed by atoms with Crippen LogP contribution in [-0.2, 0) is 11.3 Å². The Morgan fingerprint density at radius 3 is 2.92 bits per heavy atom. The molecule has 1 heterocycles. The molecule has 0 bridgehead atoms. The highest BCUT2D eigenvalue weighted by molar-refractivity contribution is 5.35. The fourth-order valence-electron chi connectivity index (χ4n) is 0.662. The molecule has 0 saturated carbocycles. The van der Waals surface area contributed by atoms with Crippen LogP contribution >= 0.6 is 0 Å². The summed E-state index contributed by atoms with van der Waals surface area (Å²) in [7, 11) is 0. The normalized spacial score (nSPS) is 10.8. The second kappa shape index (κ2) is 4.48. The van der Waals surface area contributed by atoms with Gasteiger partial charge in [-0.2, -0.15) is 4.80 Å². The van der Waals surface area contributed by atoms with Gasteiger partial charge in [0, 0.05) is 6.08 Å². The molecule has 5 nitrogen and oxygen atoms in total. The van der Waals surface area contributed by atoms with Gasteiger partial charge in [-0.05, 0) is 19.1 Å².